The molecular weight excluding hydrogens is 378 g/mol. The van der Waals surface area contributed by atoms with Crippen molar-refractivity contribution in [2.75, 3.05) is 29.3 Å². The minimum atomic E-state index is -1.58. The summed E-state index contributed by atoms with van der Waals surface area (Å²) in [6, 6.07) is 10.6. The molecule has 0 fully saturated rings. The second kappa shape index (κ2) is 8.53. The molecule has 28 heavy (non-hydrogen) atoms. The summed E-state index contributed by atoms with van der Waals surface area (Å²) in [4.78, 5) is 8.37. The Bertz CT molecular complexity index is 946. The van der Waals surface area contributed by atoms with Crippen LogP contribution in [0.2, 0.25) is 0 Å². The number of hydrogen-bond donors (Lipinski definition) is 4. The highest BCUT2D eigenvalue weighted by atomic mass is 19.2. The molecule has 146 valence electrons. The van der Waals surface area contributed by atoms with Crippen molar-refractivity contribution in [3.8, 4) is 11.3 Å². The molecule has 0 aliphatic carbocycles. The lowest BCUT2D eigenvalue weighted by atomic mass is 10.1. The number of aromatic nitrogens is 2. The molecular formula is C18H15F4N5O. The smallest absolute Gasteiger partial charge is 0.225 e. The fourth-order valence-electron chi connectivity index (χ4n) is 2.32. The Morgan fingerprint density at radius 2 is 1.54 bits per heavy atom. The summed E-state index contributed by atoms with van der Waals surface area (Å²) in [6.07, 6.45) is 0. The Balaban J connectivity index is 1.91. The first kappa shape index (κ1) is 19.4. The fourth-order valence-corrected chi connectivity index (χ4v) is 2.32. The van der Waals surface area contributed by atoms with E-state index < -0.39 is 29.0 Å². The number of hydrazine groups is 1. The van der Waals surface area contributed by atoms with Gasteiger partial charge in [0.1, 0.15) is 5.69 Å². The quantitative estimate of drug-likeness (QED) is 0.279. The van der Waals surface area contributed by atoms with Crippen LogP contribution in [0.25, 0.3) is 11.3 Å². The Morgan fingerprint density at radius 1 is 0.857 bits per heavy atom. The number of nitrogens with one attached hydrogen (secondary N) is 3. The highest BCUT2D eigenvalue weighted by Crippen LogP contribution is 2.25. The lowest BCUT2D eigenvalue weighted by Gasteiger charge is -2.14. The predicted molar refractivity (Wildman–Crippen MR) is 96.6 cm³/mol. The molecule has 0 bridgehead atoms. The van der Waals surface area contributed by atoms with Crippen LogP contribution in [-0.4, -0.2) is 28.2 Å². The maximum absolute atomic E-state index is 13.8. The first-order chi connectivity index (χ1) is 13.5. The van der Waals surface area contributed by atoms with Gasteiger partial charge >= 0.3 is 0 Å². The monoisotopic (exact) mass is 393 g/mol. The summed E-state index contributed by atoms with van der Waals surface area (Å²) >= 11 is 0. The molecule has 0 saturated heterocycles. The molecule has 0 spiro atoms. The van der Waals surface area contributed by atoms with Crippen LogP contribution in [0.15, 0.2) is 42.5 Å². The van der Waals surface area contributed by atoms with Crippen LogP contribution in [0, 0.1) is 23.3 Å². The molecule has 6 nitrogen and oxygen atoms in total. The summed E-state index contributed by atoms with van der Waals surface area (Å²) in [7, 11) is 0. The van der Waals surface area contributed by atoms with Crippen LogP contribution in [-0.2, 0) is 0 Å². The summed E-state index contributed by atoms with van der Waals surface area (Å²) in [6.45, 7) is 0.00238. The van der Waals surface area contributed by atoms with Crippen LogP contribution in [0.5, 0.6) is 0 Å². The van der Waals surface area contributed by atoms with E-state index in [1.807, 2.05) is 6.07 Å². The molecule has 10 heteroatoms. The SMILES string of the molecule is OCCNc1nc(NNc2c(F)c(F)cc(F)c2F)cc(-c2ccccc2)n1. The van der Waals surface area contributed by atoms with Crippen LogP contribution in [0.1, 0.15) is 0 Å². The van der Waals surface area contributed by atoms with Gasteiger partial charge in [0.2, 0.25) is 5.95 Å². The van der Waals surface area contributed by atoms with E-state index in [9.17, 15) is 17.6 Å². The van der Waals surface area contributed by atoms with E-state index in [0.717, 1.165) is 5.56 Å². The van der Waals surface area contributed by atoms with Gasteiger partial charge in [0.05, 0.1) is 12.3 Å². The Kier molecular flexibility index (Phi) is 5.90. The van der Waals surface area contributed by atoms with Gasteiger partial charge in [0.15, 0.2) is 29.1 Å². The third-order valence-corrected chi connectivity index (χ3v) is 3.62. The van der Waals surface area contributed by atoms with Gasteiger partial charge in [-0.25, -0.2) is 22.5 Å². The van der Waals surface area contributed by atoms with E-state index in [1.165, 1.54) is 6.07 Å². The molecule has 1 aromatic heterocycles. The van der Waals surface area contributed by atoms with Gasteiger partial charge in [-0.15, -0.1) is 0 Å². The van der Waals surface area contributed by atoms with E-state index in [1.54, 1.807) is 24.3 Å². The molecule has 0 radical (unpaired) electrons. The Morgan fingerprint density at radius 3 is 2.18 bits per heavy atom. The van der Waals surface area contributed by atoms with Crippen molar-refractivity contribution in [3.05, 3.63) is 65.7 Å². The first-order valence-corrected chi connectivity index (χ1v) is 8.14. The zero-order valence-corrected chi connectivity index (χ0v) is 14.3. The second-order valence-electron chi connectivity index (χ2n) is 5.57. The minimum Gasteiger partial charge on any atom is -0.395 e. The fraction of sp³-hybridized carbons (Fsp3) is 0.111. The lowest BCUT2D eigenvalue weighted by Crippen LogP contribution is -2.16. The second-order valence-corrected chi connectivity index (χ2v) is 5.57. The molecule has 0 atom stereocenters. The number of halogens is 4. The molecule has 4 N–H and O–H groups in total. The molecule has 0 saturated carbocycles. The standard InChI is InChI=1S/C18H15F4N5O/c19-11-8-12(20)16(22)17(15(11)21)27-26-14-9-13(10-4-2-1-3-5-10)24-18(25-14)23-6-7-28/h1-5,8-9,27-28H,6-7H2,(H2,23,24,25,26). The van der Waals surface area contributed by atoms with Gasteiger partial charge in [-0.05, 0) is 0 Å². The van der Waals surface area contributed by atoms with Gasteiger partial charge in [-0.2, -0.15) is 4.98 Å². The number of nitrogens with zero attached hydrogens (tertiary/aromatic N) is 2. The number of hydrogen-bond acceptors (Lipinski definition) is 6. The highest BCUT2D eigenvalue weighted by Gasteiger charge is 2.19. The predicted octanol–water partition coefficient (Wildman–Crippen LogP) is 3.54. The van der Waals surface area contributed by atoms with Crippen molar-refractivity contribution in [2.45, 2.75) is 0 Å². The molecule has 0 aliphatic rings. The topological polar surface area (TPSA) is 82.1 Å². The summed E-state index contributed by atoms with van der Waals surface area (Å²) in [5, 5.41) is 11.7. The average Bonchev–Trinajstić information content (AvgIpc) is 2.71. The number of rotatable bonds is 7. The number of aliphatic hydroxyl groups excluding tert-OH is 1. The van der Waals surface area contributed by atoms with Crippen LogP contribution in [0.4, 0.5) is 35.0 Å². The lowest BCUT2D eigenvalue weighted by molar-refractivity contribution is 0.311. The van der Waals surface area contributed by atoms with Gasteiger partial charge in [-0.3, -0.25) is 10.9 Å². The third-order valence-electron chi connectivity index (χ3n) is 3.62. The van der Waals surface area contributed by atoms with E-state index in [-0.39, 0.29) is 31.0 Å². The maximum atomic E-state index is 13.8. The van der Waals surface area contributed by atoms with E-state index in [4.69, 9.17) is 5.11 Å². The molecule has 0 unspecified atom stereocenters. The van der Waals surface area contributed by atoms with E-state index in [0.29, 0.717) is 5.69 Å². The number of anilines is 3. The van der Waals surface area contributed by atoms with Crippen molar-refractivity contribution in [2.24, 2.45) is 0 Å². The number of benzene rings is 2. The molecule has 0 amide bonds. The maximum Gasteiger partial charge on any atom is 0.225 e. The van der Waals surface area contributed by atoms with Crippen molar-refractivity contribution < 1.29 is 22.7 Å². The molecule has 0 aliphatic heterocycles. The van der Waals surface area contributed by atoms with Crippen molar-refractivity contribution in [3.63, 3.8) is 0 Å². The molecule has 2 aromatic carbocycles. The van der Waals surface area contributed by atoms with Gasteiger partial charge in [0.25, 0.3) is 0 Å². The zero-order chi connectivity index (χ0) is 20.1. The summed E-state index contributed by atoms with van der Waals surface area (Å²) in [5.74, 6) is -6.05. The van der Waals surface area contributed by atoms with Crippen molar-refractivity contribution in [1.82, 2.24) is 9.97 Å². The first-order valence-electron chi connectivity index (χ1n) is 8.14. The van der Waals surface area contributed by atoms with Crippen molar-refractivity contribution in [1.29, 1.82) is 0 Å². The Labute approximate surface area is 157 Å². The normalized spacial score (nSPS) is 10.6. The summed E-state index contributed by atoms with van der Waals surface area (Å²) in [5.41, 5.74) is 4.67. The Hall–Kier alpha value is -3.40. The average molecular weight is 393 g/mol. The van der Waals surface area contributed by atoms with Crippen LogP contribution in [0.3, 0.4) is 0 Å². The van der Waals surface area contributed by atoms with E-state index >= 15 is 0 Å². The molecule has 3 aromatic rings. The van der Waals surface area contributed by atoms with Gasteiger partial charge in [-0.1, -0.05) is 30.3 Å². The number of aliphatic hydroxyl groups is 1. The third kappa shape index (κ3) is 4.29. The van der Waals surface area contributed by atoms with E-state index in [2.05, 4.69) is 26.1 Å². The molecule has 1 heterocycles. The molecule has 3 rings (SSSR count). The van der Waals surface area contributed by atoms with Gasteiger partial charge in [0, 0.05) is 24.2 Å². The minimum absolute atomic E-state index is 0.0674. The largest absolute Gasteiger partial charge is 0.395 e. The van der Waals surface area contributed by atoms with Crippen LogP contribution < -0.4 is 16.2 Å². The summed E-state index contributed by atoms with van der Waals surface area (Å²) < 4.78 is 54.2. The van der Waals surface area contributed by atoms with Gasteiger partial charge < -0.3 is 10.4 Å². The van der Waals surface area contributed by atoms with Crippen molar-refractivity contribution >= 4 is 17.5 Å². The van der Waals surface area contributed by atoms with Crippen LogP contribution >= 0.6 is 0 Å². The highest BCUT2D eigenvalue weighted by molar-refractivity contribution is 5.65. The zero-order valence-electron chi connectivity index (χ0n) is 14.3.